The summed E-state index contributed by atoms with van der Waals surface area (Å²) in [6.07, 6.45) is 19.3. The normalized spacial score (nSPS) is 23.4. The summed E-state index contributed by atoms with van der Waals surface area (Å²) >= 11 is 0. The maximum atomic E-state index is 2.37. The number of rotatable bonds is 0. The molecule has 0 amide bonds. The first-order valence-electron chi connectivity index (χ1n) is 7.48. The van der Waals surface area contributed by atoms with E-state index in [0.717, 1.165) is 19.3 Å². The molecule has 0 saturated heterocycles. The predicted octanol–water partition coefficient (Wildman–Crippen LogP) is 5.33. The Bertz CT molecular complexity index is 693. The molecule has 0 saturated carbocycles. The molecule has 0 bridgehead atoms. The molecule has 1 aromatic rings. The Morgan fingerprint density at radius 1 is 0.950 bits per heavy atom. The van der Waals surface area contributed by atoms with E-state index in [4.69, 9.17) is 0 Å². The van der Waals surface area contributed by atoms with Crippen molar-refractivity contribution in [2.75, 3.05) is 0 Å². The Hall–Kier alpha value is -2.08. The third kappa shape index (κ3) is 1.76. The highest BCUT2D eigenvalue weighted by Crippen LogP contribution is 2.49. The summed E-state index contributed by atoms with van der Waals surface area (Å²) in [5.74, 6) is 0.542. The SMILES string of the molecule is C1=CC=C2CCC=CCC3C2=C(C=C1)c1ccccc13. The van der Waals surface area contributed by atoms with Gasteiger partial charge >= 0.3 is 0 Å². The number of benzene rings is 1. The Morgan fingerprint density at radius 3 is 2.90 bits per heavy atom. The largest absolute Gasteiger partial charge is 0.0882 e. The molecule has 0 radical (unpaired) electrons. The van der Waals surface area contributed by atoms with E-state index >= 15 is 0 Å². The third-order valence-corrected chi connectivity index (χ3v) is 4.51. The van der Waals surface area contributed by atoms with Crippen LogP contribution in [0.1, 0.15) is 36.3 Å². The zero-order chi connectivity index (χ0) is 13.4. The minimum absolute atomic E-state index is 0.542. The molecule has 0 spiro atoms. The predicted molar refractivity (Wildman–Crippen MR) is 85.5 cm³/mol. The number of hydrogen-bond acceptors (Lipinski definition) is 0. The van der Waals surface area contributed by atoms with Crippen LogP contribution < -0.4 is 0 Å². The molecular formula is C20H18. The first-order valence-corrected chi connectivity index (χ1v) is 7.48. The third-order valence-electron chi connectivity index (χ3n) is 4.51. The Kier molecular flexibility index (Phi) is 2.81. The molecule has 0 nitrogen and oxygen atoms in total. The van der Waals surface area contributed by atoms with Crippen molar-refractivity contribution in [1.82, 2.24) is 0 Å². The molecule has 1 unspecified atom stereocenters. The maximum Gasteiger partial charge on any atom is 0.0139 e. The fourth-order valence-electron chi connectivity index (χ4n) is 3.64. The molecule has 0 N–H and O–H groups in total. The average Bonchev–Trinajstić information content (AvgIpc) is 2.72. The Labute approximate surface area is 120 Å². The van der Waals surface area contributed by atoms with Crippen LogP contribution in [-0.4, -0.2) is 0 Å². The second-order valence-electron chi connectivity index (χ2n) is 5.65. The molecule has 0 fully saturated rings. The van der Waals surface area contributed by atoms with Gasteiger partial charge in [0.1, 0.15) is 0 Å². The zero-order valence-corrected chi connectivity index (χ0v) is 11.5. The van der Waals surface area contributed by atoms with Gasteiger partial charge in [-0.05, 0) is 47.1 Å². The van der Waals surface area contributed by atoms with Gasteiger partial charge in [-0.25, -0.2) is 0 Å². The van der Waals surface area contributed by atoms with Crippen molar-refractivity contribution in [3.05, 3.63) is 89.1 Å². The van der Waals surface area contributed by atoms with Crippen molar-refractivity contribution >= 4 is 5.57 Å². The summed E-state index contributed by atoms with van der Waals surface area (Å²) in [6, 6.07) is 8.92. The summed E-state index contributed by atoms with van der Waals surface area (Å²) in [6.45, 7) is 0. The highest BCUT2D eigenvalue weighted by atomic mass is 14.3. The van der Waals surface area contributed by atoms with Gasteiger partial charge in [-0.1, -0.05) is 66.8 Å². The second kappa shape index (κ2) is 4.79. The zero-order valence-electron chi connectivity index (χ0n) is 11.5. The van der Waals surface area contributed by atoms with Gasteiger partial charge in [0.25, 0.3) is 0 Å². The summed E-state index contributed by atoms with van der Waals surface area (Å²) in [4.78, 5) is 0. The molecular weight excluding hydrogens is 240 g/mol. The van der Waals surface area contributed by atoms with Crippen molar-refractivity contribution in [2.24, 2.45) is 0 Å². The van der Waals surface area contributed by atoms with E-state index in [2.05, 4.69) is 66.8 Å². The fourth-order valence-corrected chi connectivity index (χ4v) is 3.64. The van der Waals surface area contributed by atoms with Gasteiger partial charge in [-0.15, -0.1) is 0 Å². The van der Waals surface area contributed by atoms with Crippen LogP contribution in [0.3, 0.4) is 0 Å². The van der Waals surface area contributed by atoms with Crippen LogP contribution in [0.2, 0.25) is 0 Å². The molecule has 0 aromatic heterocycles. The lowest BCUT2D eigenvalue weighted by Gasteiger charge is -2.20. The standard InChI is InChI=1S/C20H18/c1-3-9-15-10-4-2-6-14-19-17-12-8-7-11-16(17)18(13-5-1)20(15)19/h1-3,5-9,11-13,19H,4,10,14H2. The summed E-state index contributed by atoms with van der Waals surface area (Å²) in [5.41, 5.74) is 7.46. The van der Waals surface area contributed by atoms with Gasteiger partial charge in [-0.3, -0.25) is 0 Å². The van der Waals surface area contributed by atoms with Crippen molar-refractivity contribution in [1.29, 1.82) is 0 Å². The first kappa shape index (κ1) is 11.7. The number of allylic oxidation sites excluding steroid dienone is 10. The summed E-state index contributed by atoms with van der Waals surface area (Å²) in [7, 11) is 0. The second-order valence-corrected chi connectivity index (χ2v) is 5.65. The lowest BCUT2D eigenvalue weighted by Crippen LogP contribution is -2.03. The average molecular weight is 258 g/mol. The maximum absolute atomic E-state index is 2.37. The van der Waals surface area contributed by atoms with Crippen molar-refractivity contribution in [2.45, 2.75) is 25.2 Å². The van der Waals surface area contributed by atoms with E-state index in [1.807, 2.05) is 0 Å². The minimum atomic E-state index is 0.542. The van der Waals surface area contributed by atoms with Gasteiger partial charge in [-0.2, -0.15) is 0 Å². The van der Waals surface area contributed by atoms with Gasteiger partial charge in [0, 0.05) is 5.92 Å². The molecule has 4 rings (SSSR count). The molecule has 1 atom stereocenters. The number of fused-ring (bicyclic) bond motifs is 3. The Balaban J connectivity index is 1.98. The molecule has 98 valence electrons. The van der Waals surface area contributed by atoms with Crippen LogP contribution in [-0.2, 0) is 0 Å². The molecule has 1 aromatic carbocycles. The van der Waals surface area contributed by atoms with Crippen LogP contribution in [0.25, 0.3) is 5.57 Å². The molecule has 3 aliphatic carbocycles. The highest BCUT2D eigenvalue weighted by Gasteiger charge is 2.31. The molecule has 0 heteroatoms. The van der Waals surface area contributed by atoms with E-state index in [1.165, 1.54) is 22.3 Å². The van der Waals surface area contributed by atoms with Gasteiger partial charge < -0.3 is 0 Å². The first-order chi connectivity index (χ1) is 9.95. The quantitative estimate of drug-likeness (QED) is 0.552. The summed E-state index contributed by atoms with van der Waals surface area (Å²) < 4.78 is 0. The lowest BCUT2D eigenvalue weighted by atomic mass is 9.84. The van der Waals surface area contributed by atoms with Crippen LogP contribution in [0.15, 0.2) is 77.9 Å². The topological polar surface area (TPSA) is 0 Å². The van der Waals surface area contributed by atoms with Crippen LogP contribution in [0.5, 0.6) is 0 Å². The molecule has 3 aliphatic rings. The van der Waals surface area contributed by atoms with Gasteiger partial charge in [0.15, 0.2) is 0 Å². The fraction of sp³-hybridized carbons (Fsp3) is 0.200. The van der Waals surface area contributed by atoms with Crippen molar-refractivity contribution in [3.63, 3.8) is 0 Å². The van der Waals surface area contributed by atoms with Gasteiger partial charge in [0.2, 0.25) is 0 Å². The van der Waals surface area contributed by atoms with E-state index < -0.39 is 0 Å². The molecule has 0 heterocycles. The van der Waals surface area contributed by atoms with Crippen LogP contribution >= 0.6 is 0 Å². The number of hydrogen-bond donors (Lipinski definition) is 0. The van der Waals surface area contributed by atoms with E-state index in [9.17, 15) is 0 Å². The minimum Gasteiger partial charge on any atom is -0.0882 e. The van der Waals surface area contributed by atoms with Crippen LogP contribution in [0, 0.1) is 0 Å². The summed E-state index contributed by atoms with van der Waals surface area (Å²) in [5, 5.41) is 0. The van der Waals surface area contributed by atoms with Gasteiger partial charge in [0.05, 0.1) is 0 Å². The van der Waals surface area contributed by atoms with Crippen LogP contribution in [0.4, 0.5) is 0 Å². The van der Waals surface area contributed by atoms with Crippen molar-refractivity contribution < 1.29 is 0 Å². The van der Waals surface area contributed by atoms with E-state index in [0.29, 0.717) is 5.92 Å². The smallest absolute Gasteiger partial charge is 0.0139 e. The molecule has 20 heavy (non-hydrogen) atoms. The van der Waals surface area contributed by atoms with Crippen molar-refractivity contribution in [3.8, 4) is 0 Å². The lowest BCUT2D eigenvalue weighted by molar-refractivity contribution is 0.793. The Morgan fingerprint density at radius 2 is 1.90 bits per heavy atom. The highest BCUT2D eigenvalue weighted by molar-refractivity contribution is 5.88. The van der Waals surface area contributed by atoms with E-state index in [1.54, 1.807) is 5.57 Å². The van der Waals surface area contributed by atoms with E-state index in [-0.39, 0.29) is 0 Å². The molecule has 0 aliphatic heterocycles. The monoisotopic (exact) mass is 258 g/mol.